The fourth-order valence-corrected chi connectivity index (χ4v) is 8.00. The summed E-state index contributed by atoms with van der Waals surface area (Å²) in [5, 5.41) is 4.05. The molecule has 2 bridgehead atoms. The van der Waals surface area contributed by atoms with Gasteiger partial charge in [0.05, 0.1) is 16.8 Å². The maximum Gasteiger partial charge on any atom is 0.183 e. The Morgan fingerprint density at radius 1 is 1.23 bits per heavy atom. The molecule has 7 atom stereocenters. The van der Waals surface area contributed by atoms with Gasteiger partial charge in [-0.05, 0) is 80.1 Å². The summed E-state index contributed by atoms with van der Waals surface area (Å²) in [6, 6.07) is 6.35. The molecule has 0 saturated heterocycles. The van der Waals surface area contributed by atoms with Crippen LogP contribution in [-0.2, 0) is 9.53 Å². The van der Waals surface area contributed by atoms with Gasteiger partial charge < -0.3 is 15.8 Å². The Morgan fingerprint density at radius 3 is 2.72 bits per heavy atom. The normalized spacial score (nSPS) is 34.6. The SMILES string of the molecule is CCC1CC2CC(Nc3c(C(=O)C4CC4)cnc4ccc(C5=CC(Cl)C(=O)C(OC)C5C)cc34)CC(N)(C1)C2. The highest BCUT2D eigenvalue weighted by molar-refractivity contribution is 6.34. The van der Waals surface area contributed by atoms with E-state index >= 15 is 0 Å². The van der Waals surface area contributed by atoms with Crippen molar-refractivity contribution in [3.63, 3.8) is 0 Å². The number of hydrogen-bond acceptors (Lipinski definition) is 6. The lowest BCUT2D eigenvalue weighted by Gasteiger charge is -2.49. The number of alkyl halides is 1. The second kappa shape index (κ2) is 10.3. The second-order valence-electron chi connectivity index (χ2n) is 12.7. The number of nitrogens with one attached hydrogen (secondary N) is 1. The Bertz CT molecular complexity index is 1340. The van der Waals surface area contributed by atoms with Crippen molar-refractivity contribution in [1.82, 2.24) is 4.98 Å². The summed E-state index contributed by atoms with van der Waals surface area (Å²) in [6.45, 7) is 4.28. The minimum absolute atomic E-state index is 0.0939. The molecule has 7 heteroatoms. The molecule has 4 aliphatic rings. The van der Waals surface area contributed by atoms with E-state index in [2.05, 4.69) is 18.3 Å². The van der Waals surface area contributed by atoms with Crippen molar-refractivity contribution in [3.8, 4) is 0 Å². The van der Waals surface area contributed by atoms with Gasteiger partial charge in [-0.2, -0.15) is 0 Å². The van der Waals surface area contributed by atoms with Crippen molar-refractivity contribution in [2.45, 2.75) is 88.3 Å². The van der Waals surface area contributed by atoms with Crippen molar-refractivity contribution in [1.29, 1.82) is 0 Å². The van der Waals surface area contributed by atoms with E-state index in [0.29, 0.717) is 17.4 Å². The van der Waals surface area contributed by atoms with Crippen LogP contribution in [0.2, 0.25) is 0 Å². The summed E-state index contributed by atoms with van der Waals surface area (Å²) in [4.78, 5) is 30.8. The summed E-state index contributed by atoms with van der Waals surface area (Å²) < 4.78 is 5.54. The van der Waals surface area contributed by atoms with E-state index in [1.54, 1.807) is 13.3 Å². The molecule has 0 aliphatic heterocycles. The first-order valence-corrected chi connectivity index (χ1v) is 15.1. The van der Waals surface area contributed by atoms with E-state index in [0.717, 1.165) is 66.3 Å². The molecule has 0 amide bonds. The van der Waals surface area contributed by atoms with Crippen LogP contribution in [0.5, 0.6) is 0 Å². The Kier molecular flexibility index (Phi) is 7.10. The largest absolute Gasteiger partial charge is 0.381 e. The fourth-order valence-electron chi connectivity index (χ4n) is 7.74. The number of hydrogen-bond donors (Lipinski definition) is 2. The Labute approximate surface area is 236 Å². The third kappa shape index (κ3) is 5.05. The van der Waals surface area contributed by atoms with Crippen LogP contribution in [0.25, 0.3) is 16.5 Å². The molecule has 0 radical (unpaired) electrons. The van der Waals surface area contributed by atoms with Crippen LogP contribution in [0.15, 0.2) is 30.5 Å². The Hall–Kier alpha value is -2.28. The number of anilines is 1. The zero-order chi connectivity index (χ0) is 27.5. The number of methoxy groups -OCH3 is 1. The van der Waals surface area contributed by atoms with Crippen molar-refractivity contribution in [2.24, 2.45) is 29.4 Å². The Balaban J connectivity index is 1.40. The molecular formula is C32H40ClN3O3. The number of ether oxygens (including phenoxy) is 1. The number of ketones is 2. The molecule has 4 aliphatic carbocycles. The van der Waals surface area contributed by atoms with E-state index in [4.69, 9.17) is 27.1 Å². The molecule has 3 N–H and O–H groups in total. The maximum absolute atomic E-state index is 13.5. The third-order valence-electron chi connectivity index (χ3n) is 9.75. The molecule has 1 aromatic carbocycles. The summed E-state index contributed by atoms with van der Waals surface area (Å²) in [5.74, 6) is 1.35. The van der Waals surface area contributed by atoms with Crippen LogP contribution in [0.4, 0.5) is 5.69 Å². The van der Waals surface area contributed by atoms with Gasteiger partial charge in [0.15, 0.2) is 11.6 Å². The van der Waals surface area contributed by atoms with E-state index in [1.807, 2.05) is 25.1 Å². The number of nitrogens with two attached hydrogens (primary N) is 1. The van der Waals surface area contributed by atoms with Crippen LogP contribution in [-0.4, -0.2) is 46.7 Å². The molecule has 0 spiro atoms. The number of allylic oxidation sites excluding steroid dienone is 1. The average Bonchev–Trinajstić information content (AvgIpc) is 3.75. The highest BCUT2D eigenvalue weighted by atomic mass is 35.5. The highest BCUT2D eigenvalue weighted by Crippen LogP contribution is 2.47. The molecule has 6 rings (SSSR count). The van der Waals surface area contributed by atoms with Gasteiger partial charge in [-0.15, -0.1) is 11.6 Å². The number of nitrogens with zero attached hydrogens (tertiary/aromatic N) is 1. The molecular weight excluding hydrogens is 510 g/mol. The number of benzene rings is 1. The first-order chi connectivity index (χ1) is 18.7. The first-order valence-electron chi connectivity index (χ1n) is 14.6. The molecule has 208 valence electrons. The fraction of sp³-hybridized carbons (Fsp3) is 0.594. The number of Topliss-reactive ketones (excluding diaryl/α,β-unsaturated/α-hetero) is 2. The molecule has 1 aromatic heterocycles. The lowest BCUT2D eigenvalue weighted by Crippen LogP contribution is -2.54. The van der Waals surface area contributed by atoms with Crippen LogP contribution in [0.3, 0.4) is 0 Å². The number of pyridine rings is 1. The number of carbonyl (C=O) groups excluding carboxylic acids is 2. The average molecular weight is 550 g/mol. The van der Waals surface area contributed by atoms with Crippen LogP contribution in [0, 0.1) is 23.7 Å². The predicted octanol–water partition coefficient (Wildman–Crippen LogP) is 6.15. The summed E-state index contributed by atoms with van der Waals surface area (Å²) in [6.07, 6.45) is 11.5. The van der Waals surface area contributed by atoms with Gasteiger partial charge in [0, 0.05) is 42.1 Å². The summed E-state index contributed by atoms with van der Waals surface area (Å²) in [7, 11) is 1.56. The van der Waals surface area contributed by atoms with E-state index < -0.39 is 11.5 Å². The second-order valence-corrected chi connectivity index (χ2v) is 13.2. The molecule has 7 unspecified atom stereocenters. The van der Waals surface area contributed by atoms with Crippen LogP contribution < -0.4 is 11.1 Å². The standard InChI is InChI=1S/C32H40ClN3O3/c1-4-18-9-19-10-22(15-32(34,13-18)14-19)36-28-24-11-21(23-12-26(33)30(38)31(39-3)17(23)2)7-8-27(24)35-16-25(28)29(37)20-5-6-20/h7-8,11-12,16-20,22,26,31H,4-6,9-10,13-15,34H2,1-3H3,(H,35,36). The number of rotatable bonds is 7. The maximum atomic E-state index is 13.5. The third-order valence-corrected chi connectivity index (χ3v) is 10.1. The van der Waals surface area contributed by atoms with Crippen LogP contribution >= 0.6 is 11.6 Å². The molecule has 2 aromatic rings. The number of carbonyl (C=O) groups is 2. The summed E-state index contributed by atoms with van der Waals surface area (Å²) >= 11 is 6.43. The van der Waals surface area contributed by atoms with Gasteiger partial charge in [0.1, 0.15) is 11.5 Å². The summed E-state index contributed by atoms with van der Waals surface area (Å²) in [5.41, 5.74) is 11.2. The van der Waals surface area contributed by atoms with Gasteiger partial charge in [0.2, 0.25) is 0 Å². The molecule has 3 fully saturated rings. The van der Waals surface area contributed by atoms with Crippen molar-refractivity contribution < 1.29 is 14.3 Å². The lowest BCUT2D eigenvalue weighted by atomic mass is 9.62. The molecule has 6 nitrogen and oxygen atoms in total. The van der Waals surface area contributed by atoms with E-state index in [1.165, 1.54) is 12.8 Å². The van der Waals surface area contributed by atoms with Gasteiger partial charge in [-0.1, -0.05) is 32.4 Å². The zero-order valence-electron chi connectivity index (χ0n) is 23.2. The highest BCUT2D eigenvalue weighted by Gasteiger charge is 2.44. The number of fused-ring (bicyclic) bond motifs is 3. The van der Waals surface area contributed by atoms with E-state index in [-0.39, 0.29) is 35.0 Å². The van der Waals surface area contributed by atoms with Gasteiger partial charge in [-0.3, -0.25) is 14.6 Å². The van der Waals surface area contributed by atoms with Gasteiger partial charge in [-0.25, -0.2) is 0 Å². The number of aromatic nitrogens is 1. The zero-order valence-corrected chi connectivity index (χ0v) is 24.0. The minimum Gasteiger partial charge on any atom is -0.381 e. The van der Waals surface area contributed by atoms with Gasteiger partial charge in [0.25, 0.3) is 0 Å². The topological polar surface area (TPSA) is 94.3 Å². The molecule has 39 heavy (non-hydrogen) atoms. The molecule has 3 saturated carbocycles. The predicted molar refractivity (Wildman–Crippen MR) is 156 cm³/mol. The molecule has 1 heterocycles. The van der Waals surface area contributed by atoms with Crippen molar-refractivity contribution in [2.75, 3.05) is 12.4 Å². The van der Waals surface area contributed by atoms with Crippen LogP contribution in [0.1, 0.15) is 81.1 Å². The number of halogens is 1. The minimum atomic E-state index is -0.732. The smallest absolute Gasteiger partial charge is 0.183 e. The first kappa shape index (κ1) is 26.9. The van der Waals surface area contributed by atoms with Crippen molar-refractivity contribution >= 4 is 45.3 Å². The monoisotopic (exact) mass is 549 g/mol. The lowest BCUT2D eigenvalue weighted by molar-refractivity contribution is -0.129. The Morgan fingerprint density at radius 2 is 2.03 bits per heavy atom. The quantitative estimate of drug-likeness (QED) is 0.318. The van der Waals surface area contributed by atoms with E-state index in [9.17, 15) is 9.59 Å². The van der Waals surface area contributed by atoms with Gasteiger partial charge >= 0.3 is 0 Å². The van der Waals surface area contributed by atoms with Crippen molar-refractivity contribution in [3.05, 3.63) is 41.6 Å².